The zero-order valence-electron chi connectivity index (χ0n) is 9.35. The molecule has 0 amide bonds. The van der Waals surface area contributed by atoms with Crippen molar-refractivity contribution in [2.75, 3.05) is 13.2 Å². The number of ether oxygens (including phenoxy) is 1. The van der Waals surface area contributed by atoms with Crippen LogP contribution >= 0.6 is 27.3 Å². The summed E-state index contributed by atoms with van der Waals surface area (Å²) in [6.07, 6.45) is 0.915. The fourth-order valence-corrected chi connectivity index (χ4v) is 5.13. The van der Waals surface area contributed by atoms with Crippen LogP contribution < -0.4 is 4.72 Å². The van der Waals surface area contributed by atoms with Crippen LogP contribution in [0.1, 0.15) is 13.3 Å². The summed E-state index contributed by atoms with van der Waals surface area (Å²) in [7, 11) is -3.39. The summed E-state index contributed by atoms with van der Waals surface area (Å²) in [6.45, 7) is 3.25. The molecule has 0 radical (unpaired) electrons. The second-order valence-corrected chi connectivity index (χ2v) is 8.50. The summed E-state index contributed by atoms with van der Waals surface area (Å²) in [4.78, 5) is 0. The SMILES string of the molecule is CC(NS(=O)(=O)c1ccc(Br)s1)C1CCOC1. The van der Waals surface area contributed by atoms with Gasteiger partial charge in [0, 0.05) is 18.6 Å². The molecule has 96 valence electrons. The van der Waals surface area contributed by atoms with Gasteiger partial charge in [0.25, 0.3) is 0 Å². The van der Waals surface area contributed by atoms with Gasteiger partial charge in [0.2, 0.25) is 10.0 Å². The molecular formula is C10H14BrNO3S2. The molecule has 0 aliphatic carbocycles. The lowest BCUT2D eigenvalue weighted by molar-refractivity contribution is 0.180. The van der Waals surface area contributed by atoms with Crippen molar-refractivity contribution in [2.24, 2.45) is 5.92 Å². The summed E-state index contributed by atoms with van der Waals surface area (Å²) in [5.41, 5.74) is 0. The lowest BCUT2D eigenvalue weighted by Gasteiger charge is -2.18. The van der Waals surface area contributed by atoms with E-state index < -0.39 is 10.0 Å². The number of rotatable bonds is 4. The number of hydrogen-bond acceptors (Lipinski definition) is 4. The molecule has 0 bridgehead atoms. The predicted molar refractivity (Wildman–Crippen MR) is 70.7 cm³/mol. The first kappa shape index (κ1) is 13.5. The average Bonchev–Trinajstić information content (AvgIpc) is 2.86. The maximum absolute atomic E-state index is 12.1. The Bertz CT molecular complexity index is 479. The van der Waals surface area contributed by atoms with Crippen molar-refractivity contribution in [2.45, 2.75) is 23.6 Å². The molecule has 1 saturated heterocycles. The molecule has 2 unspecified atom stereocenters. The minimum atomic E-state index is -3.39. The normalized spacial score (nSPS) is 22.8. The minimum Gasteiger partial charge on any atom is -0.381 e. The van der Waals surface area contributed by atoms with Crippen LogP contribution in [0.5, 0.6) is 0 Å². The Kier molecular flexibility index (Phi) is 4.25. The maximum Gasteiger partial charge on any atom is 0.250 e. The molecule has 0 spiro atoms. The summed E-state index contributed by atoms with van der Waals surface area (Å²) < 4.78 is 33.2. The maximum atomic E-state index is 12.1. The van der Waals surface area contributed by atoms with E-state index >= 15 is 0 Å². The van der Waals surface area contributed by atoms with E-state index in [1.165, 1.54) is 11.3 Å². The second kappa shape index (κ2) is 5.36. The molecule has 17 heavy (non-hydrogen) atoms. The molecule has 7 heteroatoms. The molecule has 0 aromatic carbocycles. The van der Waals surface area contributed by atoms with Crippen molar-refractivity contribution >= 4 is 37.3 Å². The van der Waals surface area contributed by atoms with Crippen molar-refractivity contribution in [3.05, 3.63) is 15.9 Å². The number of sulfonamides is 1. The molecule has 2 rings (SSSR count). The van der Waals surface area contributed by atoms with E-state index in [1.54, 1.807) is 12.1 Å². The molecule has 1 aliphatic heterocycles. The highest BCUT2D eigenvalue weighted by Crippen LogP contribution is 2.27. The van der Waals surface area contributed by atoms with Crippen molar-refractivity contribution in [3.63, 3.8) is 0 Å². The van der Waals surface area contributed by atoms with Gasteiger partial charge in [-0.3, -0.25) is 0 Å². The molecule has 0 saturated carbocycles. The van der Waals surface area contributed by atoms with E-state index in [2.05, 4.69) is 20.7 Å². The lowest BCUT2D eigenvalue weighted by atomic mass is 10.0. The Morgan fingerprint density at radius 1 is 1.59 bits per heavy atom. The zero-order chi connectivity index (χ0) is 12.5. The average molecular weight is 340 g/mol. The van der Waals surface area contributed by atoms with E-state index in [-0.39, 0.29) is 12.0 Å². The van der Waals surface area contributed by atoms with Crippen molar-refractivity contribution in [1.82, 2.24) is 4.72 Å². The van der Waals surface area contributed by atoms with E-state index in [4.69, 9.17) is 4.74 Å². The first-order valence-corrected chi connectivity index (χ1v) is 8.44. The van der Waals surface area contributed by atoms with Crippen molar-refractivity contribution in [1.29, 1.82) is 0 Å². The van der Waals surface area contributed by atoms with Crippen LogP contribution in [-0.4, -0.2) is 27.7 Å². The fourth-order valence-electron chi connectivity index (χ4n) is 1.79. The first-order valence-electron chi connectivity index (χ1n) is 5.34. The third-order valence-corrected chi connectivity index (χ3v) is 6.50. The van der Waals surface area contributed by atoms with Gasteiger partial charge in [0.05, 0.1) is 10.4 Å². The summed E-state index contributed by atoms with van der Waals surface area (Å²) in [5.74, 6) is 0.271. The van der Waals surface area contributed by atoms with Crippen LogP contribution in [0.25, 0.3) is 0 Å². The van der Waals surface area contributed by atoms with Gasteiger partial charge in [-0.15, -0.1) is 11.3 Å². The fraction of sp³-hybridized carbons (Fsp3) is 0.600. The van der Waals surface area contributed by atoms with Gasteiger partial charge in [0.15, 0.2) is 0 Å². The third kappa shape index (κ3) is 3.29. The minimum absolute atomic E-state index is 0.0941. The number of halogens is 1. The molecular weight excluding hydrogens is 326 g/mol. The predicted octanol–water partition coefficient (Wildman–Crippen LogP) is 2.21. The highest BCUT2D eigenvalue weighted by molar-refractivity contribution is 9.11. The largest absolute Gasteiger partial charge is 0.381 e. The van der Waals surface area contributed by atoms with Gasteiger partial charge in [-0.2, -0.15) is 0 Å². The van der Waals surface area contributed by atoms with Crippen LogP contribution in [0.3, 0.4) is 0 Å². The van der Waals surface area contributed by atoms with Crippen LogP contribution in [0.4, 0.5) is 0 Å². The van der Waals surface area contributed by atoms with Gasteiger partial charge in [0.1, 0.15) is 4.21 Å². The summed E-state index contributed by atoms with van der Waals surface area (Å²) >= 11 is 4.48. The van der Waals surface area contributed by atoms with E-state index in [1.807, 2.05) is 6.92 Å². The van der Waals surface area contributed by atoms with Crippen LogP contribution in [-0.2, 0) is 14.8 Å². The van der Waals surface area contributed by atoms with Crippen LogP contribution in [0.15, 0.2) is 20.1 Å². The molecule has 1 aromatic rings. The Labute approximate surface area is 114 Å². The highest BCUT2D eigenvalue weighted by Gasteiger charge is 2.27. The molecule has 1 N–H and O–H groups in total. The Morgan fingerprint density at radius 3 is 2.88 bits per heavy atom. The Balaban J connectivity index is 2.06. The Hall–Kier alpha value is 0.0500. The van der Waals surface area contributed by atoms with Gasteiger partial charge in [-0.05, 0) is 41.4 Å². The number of nitrogens with one attached hydrogen (secondary N) is 1. The number of thiophene rings is 1. The Morgan fingerprint density at radius 2 is 2.35 bits per heavy atom. The lowest BCUT2D eigenvalue weighted by Crippen LogP contribution is -2.37. The van der Waals surface area contributed by atoms with E-state index in [9.17, 15) is 8.42 Å². The van der Waals surface area contributed by atoms with Gasteiger partial charge < -0.3 is 4.74 Å². The highest BCUT2D eigenvalue weighted by atomic mass is 79.9. The molecule has 1 fully saturated rings. The molecule has 2 heterocycles. The van der Waals surface area contributed by atoms with Gasteiger partial charge in [-0.1, -0.05) is 0 Å². The molecule has 2 atom stereocenters. The molecule has 1 aliphatic rings. The topological polar surface area (TPSA) is 55.4 Å². The molecule has 1 aromatic heterocycles. The van der Waals surface area contributed by atoms with E-state index in [0.29, 0.717) is 10.8 Å². The summed E-state index contributed by atoms with van der Waals surface area (Å²) in [5, 5.41) is 0. The van der Waals surface area contributed by atoms with Gasteiger partial charge in [-0.25, -0.2) is 13.1 Å². The number of hydrogen-bond donors (Lipinski definition) is 1. The van der Waals surface area contributed by atoms with Gasteiger partial charge >= 0.3 is 0 Å². The first-order chi connectivity index (χ1) is 7.99. The summed E-state index contributed by atoms with van der Waals surface area (Å²) in [6, 6.07) is 3.25. The molecule has 4 nitrogen and oxygen atoms in total. The van der Waals surface area contributed by atoms with E-state index in [0.717, 1.165) is 16.8 Å². The quantitative estimate of drug-likeness (QED) is 0.914. The monoisotopic (exact) mass is 339 g/mol. The zero-order valence-corrected chi connectivity index (χ0v) is 12.6. The van der Waals surface area contributed by atoms with Crippen molar-refractivity contribution in [3.8, 4) is 0 Å². The van der Waals surface area contributed by atoms with Crippen LogP contribution in [0.2, 0.25) is 0 Å². The van der Waals surface area contributed by atoms with Crippen molar-refractivity contribution < 1.29 is 13.2 Å². The standard InChI is InChI=1S/C10H14BrNO3S2/c1-7(8-4-5-15-6-8)12-17(13,14)10-3-2-9(11)16-10/h2-3,7-8,12H,4-6H2,1H3. The smallest absolute Gasteiger partial charge is 0.250 e. The van der Waals surface area contributed by atoms with Crippen LogP contribution in [0, 0.1) is 5.92 Å². The third-order valence-electron chi connectivity index (χ3n) is 2.83. The second-order valence-electron chi connectivity index (χ2n) is 4.09.